The molecule has 1 N–H and O–H groups in total. The summed E-state index contributed by atoms with van der Waals surface area (Å²) in [6, 6.07) is 11.3. The van der Waals surface area contributed by atoms with Gasteiger partial charge in [-0.15, -0.1) is 0 Å². The molecule has 0 radical (unpaired) electrons. The van der Waals surface area contributed by atoms with Gasteiger partial charge in [0.05, 0.1) is 7.11 Å². The maximum absolute atomic E-state index is 13.8. The first kappa shape index (κ1) is 18.4. The molecule has 2 aromatic rings. The number of methoxy groups -OCH3 is 1. The number of hydrogen-bond acceptors (Lipinski definition) is 3. The largest absolute Gasteiger partial charge is 0.494 e. The number of carbonyl (C=O) groups excluding carboxylic acids is 2. The second-order valence-electron chi connectivity index (χ2n) is 5.55. The summed E-state index contributed by atoms with van der Waals surface area (Å²) in [5.41, 5.74) is 1.82. The Labute approximate surface area is 146 Å². The predicted molar refractivity (Wildman–Crippen MR) is 94.1 cm³/mol. The molecular weight excluding hydrogens is 323 g/mol. The monoisotopic (exact) mass is 344 g/mol. The molecular formula is C19H21FN2O3. The molecule has 0 saturated heterocycles. The van der Waals surface area contributed by atoms with Gasteiger partial charge in [0.25, 0.3) is 5.91 Å². The Morgan fingerprint density at radius 3 is 2.36 bits per heavy atom. The zero-order chi connectivity index (χ0) is 18.4. The summed E-state index contributed by atoms with van der Waals surface area (Å²) in [6.45, 7) is 4.07. The van der Waals surface area contributed by atoms with Gasteiger partial charge < -0.3 is 15.0 Å². The van der Waals surface area contributed by atoms with Crippen LogP contribution in [0.4, 0.5) is 10.1 Å². The summed E-state index contributed by atoms with van der Waals surface area (Å²) in [4.78, 5) is 25.3. The van der Waals surface area contributed by atoms with E-state index in [9.17, 15) is 14.0 Å². The van der Waals surface area contributed by atoms with Crippen LogP contribution in [-0.2, 0) is 11.3 Å². The lowest BCUT2D eigenvalue weighted by atomic mass is 10.1. The Hall–Kier alpha value is -2.89. The topological polar surface area (TPSA) is 58.6 Å². The molecule has 2 aromatic carbocycles. The second-order valence-corrected chi connectivity index (χ2v) is 5.55. The Bertz CT molecular complexity index is 760. The van der Waals surface area contributed by atoms with Crippen molar-refractivity contribution in [2.75, 3.05) is 19.0 Å². The van der Waals surface area contributed by atoms with E-state index in [1.165, 1.54) is 20.1 Å². The van der Waals surface area contributed by atoms with E-state index in [-0.39, 0.29) is 17.6 Å². The predicted octanol–water partition coefficient (Wildman–Crippen LogP) is 3.46. The molecule has 25 heavy (non-hydrogen) atoms. The maximum atomic E-state index is 13.8. The zero-order valence-corrected chi connectivity index (χ0v) is 14.5. The lowest BCUT2D eigenvalue weighted by Crippen LogP contribution is -2.30. The number of halogens is 1. The quantitative estimate of drug-likeness (QED) is 0.873. The molecule has 0 heterocycles. The van der Waals surface area contributed by atoms with Crippen LogP contribution in [0, 0.1) is 5.82 Å². The highest BCUT2D eigenvalue weighted by Gasteiger charge is 2.15. The van der Waals surface area contributed by atoms with E-state index in [4.69, 9.17) is 4.74 Å². The molecule has 0 aromatic heterocycles. The van der Waals surface area contributed by atoms with Crippen molar-refractivity contribution in [3.05, 3.63) is 59.4 Å². The van der Waals surface area contributed by atoms with Gasteiger partial charge in [-0.05, 0) is 48.9 Å². The van der Waals surface area contributed by atoms with E-state index in [1.807, 2.05) is 6.92 Å². The highest BCUT2D eigenvalue weighted by Crippen LogP contribution is 2.19. The molecule has 2 rings (SSSR count). The van der Waals surface area contributed by atoms with E-state index in [0.717, 1.165) is 0 Å². The molecule has 6 heteroatoms. The van der Waals surface area contributed by atoms with Gasteiger partial charge in [-0.25, -0.2) is 4.39 Å². The lowest BCUT2D eigenvalue weighted by Gasteiger charge is -2.21. The van der Waals surface area contributed by atoms with E-state index >= 15 is 0 Å². The third-order valence-electron chi connectivity index (χ3n) is 3.71. The minimum atomic E-state index is -0.455. The SMILES string of the molecule is CCN(Cc1ccc(OC)c(F)c1)C(=O)c1ccc(NC(C)=O)cc1. The molecule has 0 spiro atoms. The highest BCUT2D eigenvalue weighted by molar-refractivity contribution is 5.95. The van der Waals surface area contributed by atoms with Crippen LogP contribution >= 0.6 is 0 Å². The average molecular weight is 344 g/mol. The fraction of sp³-hybridized carbons (Fsp3) is 0.263. The average Bonchev–Trinajstić information content (AvgIpc) is 2.59. The number of hydrogen-bond donors (Lipinski definition) is 1. The first-order valence-corrected chi connectivity index (χ1v) is 7.94. The van der Waals surface area contributed by atoms with Crippen LogP contribution in [0.5, 0.6) is 5.75 Å². The van der Waals surface area contributed by atoms with Crippen molar-refractivity contribution < 1.29 is 18.7 Å². The van der Waals surface area contributed by atoms with Gasteiger partial charge >= 0.3 is 0 Å². The van der Waals surface area contributed by atoms with Crippen molar-refractivity contribution in [1.82, 2.24) is 4.90 Å². The Balaban J connectivity index is 2.12. The van der Waals surface area contributed by atoms with Gasteiger partial charge in [-0.2, -0.15) is 0 Å². The summed E-state index contributed by atoms with van der Waals surface area (Å²) in [6.07, 6.45) is 0. The Morgan fingerprint density at radius 1 is 1.16 bits per heavy atom. The van der Waals surface area contributed by atoms with E-state index < -0.39 is 5.82 Å². The summed E-state index contributed by atoms with van der Waals surface area (Å²) in [7, 11) is 1.41. The fourth-order valence-electron chi connectivity index (χ4n) is 2.44. The fourth-order valence-corrected chi connectivity index (χ4v) is 2.44. The van der Waals surface area contributed by atoms with Crippen LogP contribution in [0.15, 0.2) is 42.5 Å². The number of carbonyl (C=O) groups is 2. The van der Waals surface area contributed by atoms with Gasteiger partial charge in [0.1, 0.15) is 0 Å². The minimum absolute atomic E-state index is 0.159. The third-order valence-corrected chi connectivity index (χ3v) is 3.71. The molecule has 2 amide bonds. The number of anilines is 1. The molecule has 0 atom stereocenters. The molecule has 5 nitrogen and oxygen atoms in total. The van der Waals surface area contributed by atoms with Crippen LogP contribution in [0.3, 0.4) is 0 Å². The maximum Gasteiger partial charge on any atom is 0.254 e. The highest BCUT2D eigenvalue weighted by atomic mass is 19.1. The number of ether oxygens (including phenoxy) is 1. The van der Waals surface area contributed by atoms with Crippen LogP contribution < -0.4 is 10.1 Å². The Kier molecular flexibility index (Phi) is 6.11. The first-order valence-electron chi connectivity index (χ1n) is 7.94. The number of amides is 2. The van der Waals surface area contributed by atoms with Gasteiger partial charge in [0.2, 0.25) is 5.91 Å². The molecule has 0 bridgehead atoms. The normalized spacial score (nSPS) is 10.2. The number of nitrogens with zero attached hydrogens (tertiary/aromatic N) is 1. The number of benzene rings is 2. The molecule has 0 fully saturated rings. The van der Waals surface area contributed by atoms with E-state index in [2.05, 4.69) is 5.32 Å². The Morgan fingerprint density at radius 2 is 1.84 bits per heavy atom. The molecule has 0 unspecified atom stereocenters. The van der Waals surface area contributed by atoms with Crippen molar-refractivity contribution in [3.8, 4) is 5.75 Å². The summed E-state index contributed by atoms with van der Waals surface area (Å²) < 4.78 is 18.7. The molecule has 0 aliphatic rings. The van der Waals surface area contributed by atoms with Crippen LogP contribution in [0.2, 0.25) is 0 Å². The van der Waals surface area contributed by atoms with E-state index in [0.29, 0.717) is 29.9 Å². The molecule has 132 valence electrons. The van der Waals surface area contributed by atoms with Crippen LogP contribution in [0.1, 0.15) is 29.8 Å². The minimum Gasteiger partial charge on any atom is -0.494 e. The van der Waals surface area contributed by atoms with E-state index in [1.54, 1.807) is 41.3 Å². The molecule has 0 aliphatic carbocycles. The van der Waals surface area contributed by atoms with Crippen molar-refractivity contribution in [2.24, 2.45) is 0 Å². The first-order chi connectivity index (χ1) is 11.9. The second kappa shape index (κ2) is 8.28. The lowest BCUT2D eigenvalue weighted by molar-refractivity contribution is -0.114. The van der Waals surface area contributed by atoms with Crippen molar-refractivity contribution >= 4 is 17.5 Å². The standard InChI is InChI=1S/C19H21FN2O3/c1-4-22(12-14-5-10-18(25-3)17(20)11-14)19(24)15-6-8-16(9-7-15)21-13(2)23/h5-11H,4,12H2,1-3H3,(H,21,23). The van der Waals surface area contributed by atoms with Crippen LogP contribution in [-0.4, -0.2) is 30.4 Å². The van der Waals surface area contributed by atoms with Gasteiger partial charge in [0, 0.05) is 31.3 Å². The smallest absolute Gasteiger partial charge is 0.254 e. The summed E-state index contributed by atoms with van der Waals surface area (Å²) in [5.74, 6) is -0.612. The van der Waals surface area contributed by atoms with Gasteiger partial charge in [-0.1, -0.05) is 6.07 Å². The number of nitrogens with one attached hydrogen (secondary N) is 1. The van der Waals surface area contributed by atoms with Crippen molar-refractivity contribution in [3.63, 3.8) is 0 Å². The van der Waals surface area contributed by atoms with Crippen molar-refractivity contribution in [1.29, 1.82) is 0 Å². The zero-order valence-electron chi connectivity index (χ0n) is 14.5. The van der Waals surface area contributed by atoms with Gasteiger partial charge in [-0.3, -0.25) is 9.59 Å². The molecule has 0 aliphatic heterocycles. The molecule has 0 saturated carbocycles. The third kappa shape index (κ3) is 4.79. The number of rotatable bonds is 6. The summed E-state index contributed by atoms with van der Waals surface area (Å²) >= 11 is 0. The van der Waals surface area contributed by atoms with Gasteiger partial charge in [0.15, 0.2) is 11.6 Å². The summed E-state index contributed by atoms with van der Waals surface area (Å²) in [5, 5.41) is 2.65. The van der Waals surface area contributed by atoms with Crippen LogP contribution in [0.25, 0.3) is 0 Å². The van der Waals surface area contributed by atoms with Crippen molar-refractivity contribution in [2.45, 2.75) is 20.4 Å².